The molecule has 0 bridgehead atoms. The number of halogens is 3. The maximum atomic E-state index is 13.8. The van der Waals surface area contributed by atoms with Gasteiger partial charge in [-0.25, -0.2) is 13.2 Å². The van der Waals surface area contributed by atoms with Crippen LogP contribution in [-0.2, 0) is 5.60 Å². The van der Waals surface area contributed by atoms with Crippen molar-refractivity contribution in [2.45, 2.75) is 18.9 Å². The first-order chi connectivity index (χ1) is 8.97. The Morgan fingerprint density at radius 3 is 2.11 bits per heavy atom. The van der Waals surface area contributed by atoms with Gasteiger partial charge in [-0.3, -0.25) is 0 Å². The molecule has 0 saturated heterocycles. The molecule has 2 aromatic carbocycles. The quantitative estimate of drug-likeness (QED) is 0.897. The lowest BCUT2D eigenvalue weighted by Gasteiger charge is -2.28. The van der Waals surface area contributed by atoms with Gasteiger partial charge in [-0.15, -0.1) is 0 Å². The largest absolute Gasteiger partial charge is 0.380 e. The van der Waals surface area contributed by atoms with Crippen molar-refractivity contribution in [3.05, 3.63) is 71.0 Å². The van der Waals surface area contributed by atoms with Gasteiger partial charge in [0.2, 0.25) is 0 Å². The number of rotatable bonds is 3. The first-order valence-electron chi connectivity index (χ1n) is 5.91. The van der Waals surface area contributed by atoms with E-state index in [0.717, 1.165) is 12.1 Å². The number of aliphatic hydroxyl groups is 1. The number of hydrogen-bond donors (Lipinski definition) is 1. The molecule has 4 heteroatoms. The molecule has 0 aliphatic heterocycles. The molecule has 1 N–H and O–H groups in total. The Kier molecular flexibility index (Phi) is 3.62. The molecule has 2 aromatic rings. The van der Waals surface area contributed by atoms with Crippen LogP contribution < -0.4 is 0 Å². The summed E-state index contributed by atoms with van der Waals surface area (Å²) < 4.78 is 40.3. The van der Waals surface area contributed by atoms with Crippen LogP contribution in [0.25, 0.3) is 0 Å². The Hall–Kier alpha value is -1.81. The predicted molar refractivity (Wildman–Crippen MR) is 66.0 cm³/mol. The Balaban J connectivity index is 2.63. The molecule has 1 unspecified atom stereocenters. The molecule has 100 valence electrons. The van der Waals surface area contributed by atoms with Crippen LogP contribution in [0.3, 0.4) is 0 Å². The van der Waals surface area contributed by atoms with E-state index >= 15 is 0 Å². The van der Waals surface area contributed by atoms with Gasteiger partial charge in [-0.05, 0) is 30.2 Å². The first-order valence-corrected chi connectivity index (χ1v) is 5.91. The summed E-state index contributed by atoms with van der Waals surface area (Å²) in [6, 6.07) is 8.39. The van der Waals surface area contributed by atoms with Gasteiger partial charge in [0.1, 0.15) is 23.1 Å². The molecule has 0 spiro atoms. The van der Waals surface area contributed by atoms with E-state index in [1.54, 1.807) is 13.0 Å². The molecule has 2 rings (SSSR count). The van der Waals surface area contributed by atoms with Crippen LogP contribution in [-0.4, -0.2) is 5.11 Å². The highest BCUT2D eigenvalue weighted by atomic mass is 19.1. The summed E-state index contributed by atoms with van der Waals surface area (Å²) in [6.07, 6.45) is 0.0941. The fraction of sp³-hybridized carbons (Fsp3) is 0.200. The van der Waals surface area contributed by atoms with E-state index < -0.39 is 23.1 Å². The molecule has 0 aliphatic rings. The van der Waals surface area contributed by atoms with Crippen molar-refractivity contribution < 1.29 is 18.3 Å². The third-order valence-corrected chi connectivity index (χ3v) is 3.17. The lowest BCUT2D eigenvalue weighted by Crippen LogP contribution is -2.28. The summed E-state index contributed by atoms with van der Waals surface area (Å²) in [5, 5.41) is 10.6. The molecule has 1 nitrogen and oxygen atoms in total. The van der Waals surface area contributed by atoms with E-state index in [-0.39, 0.29) is 17.5 Å². The van der Waals surface area contributed by atoms with Crippen LogP contribution >= 0.6 is 0 Å². The number of benzene rings is 2. The Bertz CT molecular complexity index is 577. The van der Waals surface area contributed by atoms with E-state index in [2.05, 4.69) is 0 Å². The van der Waals surface area contributed by atoms with E-state index in [1.165, 1.54) is 18.2 Å². The van der Waals surface area contributed by atoms with Crippen LogP contribution in [0.1, 0.15) is 24.5 Å². The van der Waals surface area contributed by atoms with Gasteiger partial charge >= 0.3 is 0 Å². The van der Waals surface area contributed by atoms with E-state index in [9.17, 15) is 18.3 Å². The standard InChI is InChI=1S/C15H13F3O/c1-2-15(19,13-5-3-4-6-14(13)18)10-7-11(16)9-12(17)8-10/h3-9,19H,2H2,1H3. The van der Waals surface area contributed by atoms with E-state index in [4.69, 9.17) is 0 Å². The van der Waals surface area contributed by atoms with Crippen molar-refractivity contribution in [1.82, 2.24) is 0 Å². The van der Waals surface area contributed by atoms with Crippen molar-refractivity contribution in [3.8, 4) is 0 Å². The highest BCUT2D eigenvalue weighted by molar-refractivity contribution is 5.37. The Labute approximate surface area is 109 Å². The van der Waals surface area contributed by atoms with Gasteiger partial charge in [0.05, 0.1) is 0 Å². The third kappa shape index (κ3) is 2.49. The molecule has 19 heavy (non-hydrogen) atoms. The lowest BCUT2D eigenvalue weighted by molar-refractivity contribution is 0.0718. The van der Waals surface area contributed by atoms with Gasteiger partial charge in [-0.1, -0.05) is 25.1 Å². The van der Waals surface area contributed by atoms with Crippen LogP contribution in [0.2, 0.25) is 0 Å². The second-order valence-electron chi connectivity index (χ2n) is 4.35. The van der Waals surface area contributed by atoms with Crippen molar-refractivity contribution in [3.63, 3.8) is 0 Å². The predicted octanol–water partition coefficient (Wildman–Crippen LogP) is 3.75. The van der Waals surface area contributed by atoms with Gasteiger partial charge < -0.3 is 5.11 Å². The molecule has 0 heterocycles. The SMILES string of the molecule is CCC(O)(c1cc(F)cc(F)c1)c1ccccc1F. The second kappa shape index (κ2) is 5.05. The summed E-state index contributed by atoms with van der Waals surface area (Å²) in [5.41, 5.74) is -1.76. The van der Waals surface area contributed by atoms with E-state index in [0.29, 0.717) is 6.07 Å². The zero-order chi connectivity index (χ0) is 14.0. The minimum absolute atomic E-state index is 0.00222. The fourth-order valence-corrected chi connectivity index (χ4v) is 2.14. The topological polar surface area (TPSA) is 20.2 Å². The summed E-state index contributed by atoms with van der Waals surface area (Å²) >= 11 is 0. The summed E-state index contributed by atoms with van der Waals surface area (Å²) in [6.45, 7) is 1.62. The molecular weight excluding hydrogens is 253 g/mol. The van der Waals surface area contributed by atoms with Crippen LogP contribution in [0.15, 0.2) is 42.5 Å². The molecule has 0 saturated carbocycles. The molecule has 0 fully saturated rings. The third-order valence-electron chi connectivity index (χ3n) is 3.17. The van der Waals surface area contributed by atoms with E-state index in [1.807, 2.05) is 0 Å². The first kappa shape index (κ1) is 13.6. The van der Waals surface area contributed by atoms with Crippen molar-refractivity contribution >= 4 is 0 Å². The molecular formula is C15H13F3O. The zero-order valence-corrected chi connectivity index (χ0v) is 10.3. The molecule has 0 aliphatic carbocycles. The van der Waals surface area contributed by atoms with Crippen molar-refractivity contribution in [1.29, 1.82) is 0 Å². The summed E-state index contributed by atoms with van der Waals surface area (Å²) in [5.74, 6) is -2.23. The average Bonchev–Trinajstić information content (AvgIpc) is 2.37. The van der Waals surface area contributed by atoms with Crippen LogP contribution in [0, 0.1) is 17.5 Å². The van der Waals surface area contributed by atoms with Crippen molar-refractivity contribution in [2.24, 2.45) is 0 Å². The summed E-state index contributed by atoms with van der Waals surface area (Å²) in [4.78, 5) is 0. The minimum atomic E-state index is -1.76. The van der Waals surface area contributed by atoms with Gasteiger partial charge in [0.25, 0.3) is 0 Å². The molecule has 0 aromatic heterocycles. The monoisotopic (exact) mass is 266 g/mol. The minimum Gasteiger partial charge on any atom is -0.380 e. The molecule has 1 atom stereocenters. The van der Waals surface area contributed by atoms with Crippen LogP contribution in [0.5, 0.6) is 0 Å². The Morgan fingerprint density at radius 2 is 1.58 bits per heavy atom. The van der Waals surface area contributed by atoms with Crippen LogP contribution in [0.4, 0.5) is 13.2 Å². The fourth-order valence-electron chi connectivity index (χ4n) is 2.14. The van der Waals surface area contributed by atoms with Gasteiger partial charge in [0, 0.05) is 11.6 Å². The van der Waals surface area contributed by atoms with Crippen molar-refractivity contribution in [2.75, 3.05) is 0 Å². The second-order valence-corrected chi connectivity index (χ2v) is 4.35. The highest BCUT2D eigenvalue weighted by Gasteiger charge is 2.32. The smallest absolute Gasteiger partial charge is 0.129 e. The zero-order valence-electron chi connectivity index (χ0n) is 10.3. The Morgan fingerprint density at radius 1 is 1.00 bits per heavy atom. The summed E-state index contributed by atoms with van der Waals surface area (Å²) in [7, 11) is 0. The molecule has 0 radical (unpaired) electrons. The number of hydrogen-bond acceptors (Lipinski definition) is 1. The average molecular weight is 266 g/mol. The lowest BCUT2D eigenvalue weighted by atomic mass is 9.84. The molecule has 0 amide bonds. The van der Waals surface area contributed by atoms with Gasteiger partial charge in [0.15, 0.2) is 0 Å². The normalized spacial score (nSPS) is 14.2. The van der Waals surface area contributed by atoms with Gasteiger partial charge in [-0.2, -0.15) is 0 Å². The highest BCUT2D eigenvalue weighted by Crippen LogP contribution is 2.35. The maximum absolute atomic E-state index is 13.8. The maximum Gasteiger partial charge on any atom is 0.129 e.